The molecular formula is C21H25NO7. The predicted octanol–water partition coefficient (Wildman–Crippen LogP) is 2.72. The second-order valence-corrected chi connectivity index (χ2v) is 6.24. The number of ketones is 1. The molecule has 0 saturated heterocycles. The molecule has 0 aliphatic rings. The zero-order valence-electron chi connectivity index (χ0n) is 17.2. The summed E-state index contributed by atoms with van der Waals surface area (Å²) in [4.78, 5) is 36.7. The molecule has 0 bridgehead atoms. The van der Waals surface area contributed by atoms with Crippen molar-refractivity contribution in [2.45, 2.75) is 27.3 Å². The molecule has 1 aromatic carbocycles. The third-order valence-corrected chi connectivity index (χ3v) is 4.43. The highest BCUT2D eigenvalue weighted by Gasteiger charge is 2.20. The van der Waals surface area contributed by atoms with Crippen molar-refractivity contribution in [2.75, 3.05) is 27.4 Å². The number of nitrogens with zero attached hydrogens (tertiary/aromatic N) is 1. The van der Waals surface area contributed by atoms with Crippen molar-refractivity contribution in [3.63, 3.8) is 0 Å². The maximum Gasteiger partial charge on any atom is 0.339 e. The fourth-order valence-electron chi connectivity index (χ4n) is 2.89. The van der Waals surface area contributed by atoms with E-state index in [0.29, 0.717) is 28.5 Å². The number of aryl methyl sites for hydroxylation is 1. The molecular weight excluding hydrogens is 378 g/mol. The molecule has 2 aromatic rings. The normalized spacial score (nSPS) is 10.4. The van der Waals surface area contributed by atoms with E-state index in [-0.39, 0.29) is 18.7 Å². The van der Waals surface area contributed by atoms with Gasteiger partial charge in [0.25, 0.3) is 0 Å². The van der Waals surface area contributed by atoms with Crippen molar-refractivity contribution >= 4 is 17.7 Å². The van der Waals surface area contributed by atoms with Crippen LogP contribution in [0.4, 0.5) is 0 Å². The summed E-state index contributed by atoms with van der Waals surface area (Å²) in [5, 5.41) is 0. The number of benzene rings is 1. The Balaban J connectivity index is 2.06. The van der Waals surface area contributed by atoms with Gasteiger partial charge in [-0.3, -0.25) is 9.59 Å². The van der Waals surface area contributed by atoms with Crippen molar-refractivity contribution in [3.8, 4) is 11.5 Å². The molecule has 0 N–H and O–H groups in total. The standard InChI is InChI=1S/C21H25NO7/c1-6-28-21(25)16-9-13(2)22(14(16)3)11-20(24)29-12-18(23)17-10-15(26-4)7-8-19(17)27-5/h7-10H,6,11-12H2,1-5H3. The van der Waals surface area contributed by atoms with Gasteiger partial charge in [0.2, 0.25) is 5.78 Å². The van der Waals surface area contributed by atoms with Gasteiger partial charge in [-0.05, 0) is 45.0 Å². The van der Waals surface area contributed by atoms with Crippen LogP contribution in [-0.2, 0) is 20.8 Å². The van der Waals surface area contributed by atoms with Gasteiger partial charge in [0.1, 0.15) is 18.0 Å². The summed E-state index contributed by atoms with van der Waals surface area (Å²) >= 11 is 0. The van der Waals surface area contributed by atoms with Crippen LogP contribution in [0.5, 0.6) is 11.5 Å². The Morgan fingerprint density at radius 1 is 0.966 bits per heavy atom. The topological polar surface area (TPSA) is 93.1 Å². The van der Waals surface area contributed by atoms with Crippen molar-refractivity contribution in [1.29, 1.82) is 0 Å². The predicted molar refractivity (Wildman–Crippen MR) is 105 cm³/mol. The van der Waals surface area contributed by atoms with Crippen LogP contribution in [-0.4, -0.2) is 49.7 Å². The quantitative estimate of drug-likeness (QED) is 0.469. The lowest BCUT2D eigenvalue weighted by Crippen LogP contribution is -2.20. The monoisotopic (exact) mass is 403 g/mol. The molecule has 0 aliphatic heterocycles. The number of methoxy groups -OCH3 is 2. The summed E-state index contributed by atoms with van der Waals surface area (Å²) in [5.74, 6) is -0.603. The van der Waals surface area contributed by atoms with E-state index < -0.39 is 24.3 Å². The van der Waals surface area contributed by atoms with E-state index in [2.05, 4.69) is 0 Å². The molecule has 0 aliphatic carbocycles. The molecule has 2 rings (SSSR count). The van der Waals surface area contributed by atoms with Crippen LogP contribution in [0.3, 0.4) is 0 Å². The minimum atomic E-state index is -0.600. The zero-order chi connectivity index (χ0) is 21.6. The second-order valence-electron chi connectivity index (χ2n) is 6.24. The molecule has 0 saturated carbocycles. The van der Waals surface area contributed by atoms with Crippen LogP contribution in [0.1, 0.15) is 39.0 Å². The average Bonchev–Trinajstić information content (AvgIpc) is 2.99. The summed E-state index contributed by atoms with van der Waals surface area (Å²) in [6.45, 7) is 4.92. The Morgan fingerprint density at radius 3 is 2.31 bits per heavy atom. The van der Waals surface area contributed by atoms with Crippen LogP contribution in [0.25, 0.3) is 0 Å². The van der Waals surface area contributed by atoms with Gasteiger partial charge in [-0.1, -0.05) is 0 Å². The molecule has 1 aromatic heterocycles. The van der Waals surface area contributed by atoms with Crippen LogP contribution in [0.2, 0.25) is 0 Å². The largest absolute Gasteiger partial charge is 0.497 e. The summed E-state index contributed by atoms with van der Waals surface area (Å²) < 4.78 is 22.1. The second kappa shape index (κ2) is 9.77. The third kappa shape index (κ3) is 5.16. The van der Waals surface area contributed by atoms with Gasteiger partial charge in [0, 0.05) is 11.4 Å². The number of hydrogen-bond donors (Lipinski definition) is 0. The van der Waals surface area contributed by atoms with E-state index in [0.717, 1.165) is 0 Å². The first-order valence-electron chi connectivity index (χ1n) is 9.07. The minimum Gasteiger partial charge on any atom is -0.497 e. The molecule has 0 spiro atoms. The van der Waals surface area contributed by atoms with Crippen LogP contribution in [0.15, 0.2) is 24.3 Å². The Bertz CT molecular complexity index is 914. The maximum atomic E-state index is 12.5. The molecule has 156 valence electrons. The van der Waals surface area contributed by atoms with Gasteiger partial charge in [-0.25, -0.2) is 4.79 Å². The first-order chi connectivity index (χ1) is 13.8. The van der Waals surface area contributed by atoms with Crippen molar-refractivity contribution in [1.82, 2.24) is 4.57 Å². The van der Waals surface area contributed by atoms with Crippen LogP contribution in [0, 0.1) is 13.8 Å². The number of carbonyl (C=O) groups excluding carboxylic acids is 3. The van der Waals surface area contributed by atoms with E-state index in [1.807, 2.05) is 0 Å². The zero-order valence-corrected chi connectivity index (χ0v) is 17.2. The minimum absolute atomic E-state index is 0.125. The van der Waals surface area contributed by atoms with E-state index in [1.165, 1.54) is 20.3 Å². The fraction of sp³-hybridized carbons (Fsp3) is 0.381. The summed E-state index contributed by atoms with van der Waals surface area (Å²) in [6, 6.07) is 6.46. The molecule has 0 fully saturated rings. The number of rotatable bonds is 9. The molecule has 0 amide bonds. The SMILES string of the molecule is CCOC(=O)c1cc(C)n(CC(=O)OCC(=O)c2cc(OC)ccc2OC)c1C. The van der Waals surface area contributed by atoms with Gasteiger partial charge >= 0.3 is 11.9 Å². The highest BCUT2D eigenvalue weighted by molar-refractivity contribution is 6.00. The molecule has 8 heteroatoms. The van der Waals surface area contributed by atoms with E-state index in [1.54, 1.807) is 43.5 Å². The Kier molecular flexibility index (Phi) is 7.41. The summed E-state index contributed by atoms with van der Waals surface area (Å²) in [7, 11) is 2.94. The van der Waals surface area contributed by atoms with E-state index >= 15 is 0 Å². The Morgan fingerprint density at radius 2 is 1.69 bits per heavy atom. The van der Waals surface area contributed by atoms with Crippen molar-refractivity contribution in [3.05, 3.63) is 46.8 Å². The van der Waals surface area contributed by atoms with Gasteiger partial charge in [-0.2, -0.15) is 0 Å². The van der Waals surface area contributed by atoms with Gasteiger partial charge < -0.3 is 23.5 Å². The molecule has 29 heavy (non-hydrogen) atoms. The number of carbonyl (C=O) groups is 3. The van der Waals surface area contributed by atoms with Gasteiger partial charge in [0.05, 0.1) is 32.0 Å². The molecule has 0 unspecified atom stereocenters. The third-order valence-electron chi connectivity index (χ3n) is 4.43. The fourth-order valence-corrected chi connectivity index (χ4v) is 2.89. The Labute approximate surface area is 169 Å². The lowest BCUT2D eigenvalue weighted by Gasteiger charge is -2.11. The first kappa shape index (κ1) is 22.0. The average molecular weight is 403 g/mol. The number of ether oxygens (including phenoxy) is 4. The maximum absolute atomic E-state index is 12.5. The Hall–Kier alpha value is -3.29. The van der Waals surface area contributed by atoms with Gasteiger partial charge in [-0.15, -0.1) is 0 Å². The number of esters is 2. The van der Waals surface area contributed by atoms with Crippen molar-refractivity contribution < 1.29 is 33.3 Å². The summed E-state index contributed by atoms with van der Waals surface area (Å²) in [5.41, 5.74) is 1.97. The molecule has 1 heterocycles. The molecule has 8 nitrogen and oxygen atoms in total. The smallest absolute Gasteiger partial charge is 0.339 e. The van der Waals surface area contributed by atoms with Crippen molar-refractivity contribution in [2.24, 2.45) is 0 Å². The van der Waals surface area contributed by atoms with E-state index in [4.69, 9.17) is 18.9 Å². The molecule has 0 radical (unpaired) electrons. The highest BCUT2D eigenvalue weighted by atomic mass is 16.5. The van der Waals surface area contributed by atoms with Crippen LogP contribution < -0.4 is 9.47 Å². The van der Waals surface area contributed by atoms with Gasteiger partial charge in [0.15, 0.2) is 6.61 Å². The lowest BCUT2D eigenvalue weighted by molar-refractivity contribution is -0.143. The van der Waals surface area contributed by atoms with Crippen LogP contribution >= 0.6 is 0 Å². The summed E-state index contributed by atoms with van der Waals surface area (Å²) in [6.07, 6.45) is 0. The van der Waals surface area contributed by atoms with E-state index in [9.17, 15) is 14.4 Å². The lowest BCUT2D eigenvalue weighted by atomic mass is 10.1. The first-order valence-corrected chi connectivity index (χ1v) is 9.07. The number of Topliss-reactive ketones (excluding diaryl/α,β-unsaturated/α-hetero) is 1. The number of aromatic nitrogens is 1. The number of hydrogen-bond acceptors (Lipinski definition) is 7. The molecule has 0 atom stereocenters. The highest BCUT2D eigenvalue weighted by Crippen LogP contribution is 2.24.